The number of hydrogen-bond acceptors (Lipinski definition) is 4. The fraction of sp³-hybridized carbons (Fsp3) is 0.417. The summed E-state index contributed by atoms with van der Waals surface area (Å²) in [5.41, 5.74) is -0.214. The Balaban J connectivity index is 2.11. The number of hydrogen-bond donors (Lipinski definition) is 1. The van der Waals surface area contributed by atoms with Crippen LogP contribution in [0.1, 0.15) is 23.2 Å². The molecule has 1 N–H and O–H groups in total. The number of nitrogens with zero attached hydrogens (tertiary/aromatic N) is 1. The van der Waals surface area contributed by atoms with E-state index in [1.165, 1.54) is 6.07 Å². The Labute approximate surface area is 130 Å². The second-order valence-electron chi connectivity index (χ2n) is 4.39. The van der Waals surface area contributed by atoms with E-state index in [-0.39, 0.29) is 27.2 Å². The van der Waals surface area contributed by atoms with Crippen molar-refractivity contribution in [2.75, 3.05) is 12.3 Å². The second kappa shape index (κ2) is 6.65. The van der Waals surface area contributed by atoms with Crippen molar-refractivity contribution in [1.82, 2.24) is 5.32 Å². The number of thioether (sulfide) groups is 1. The molecule has 0 spiro atoms. The van der Waals surface area contributed by atoms with Crippen molar-refractivity contribution < 1.29 is 9.72 Å². The molecule has 1 atom stereocenters. The van der Waals surface area contributed by atoms with Gasteiger partial charge in [-0.15, -0.1) is 0 Å². The van der Waals surface area contributed by atoms with Crippen LogP contribution in [0.15, 0.2) is 12.1 Å². The van der Waals surface area contributed by atoms with E-state index >= 15 is 0 Å². The minimum Gasteiger partial charge on any atom is -0.351 e. The molecule has 1 aliphatic heterocycles. The third-order valence-corrected chi connectivity index (χ3v) is 5.17. The maximum atomic E-state index is 12.0. The van der Waals surface area contributed by atoms with Crippen molar-refractivity contribution >= 4 is 46.6 Å². The van der Waals surface area contributed by atoms with E-state index in [1.54, 1.807) is 0 Å². The van der Waals surface area contributed by atoms with Crippen molar-refractivity contribution in [3.05, 3.63) is 37.9 Å². The summed E-state index contributed by atoms with van der Waals surface area (Å²) < 4.78 is 0. The lowest BCUT2D eigenvalue weighted by Gasteiger charge is -2.10. The molecule has 1 aromatic carbocycles. The Hall–Kier alpha value is -0.980. The highest BCUT2D eigenvalue weighted by Gasteiger charge is 2.21. The van der Waals surface area contributed by atoms with E-state index in [2.05, 4.69) is 5.32 Å². The van der Waals surface area contributed by atoms with Gasteiger partial charge in [-0.05, 0) is 24.7 Å². The van der Waals surface area contributed by atoms with Gasteiger partial charge in [-0.25, -0.2) is 0 Å². The predicted molar refractivity (Wildman–Crippen MR) is 80.9 cm³/mol. The highest BCUT2D eigenvalue weighted by atomic mass is 35.5. The number of nitrogens with one attached hydrogen (secondary N) is 1. The monoisotopic (exact) mass is 334 g/mol. The lowest BCUT2D eigenvalue weighted by Crippen LogP contribution is -2.29. The van der Waals surface area contributed by atoms with Gasteiger partial charge in [0.1, 0.15) is 5.02 Å². The average Bonchev–Trinajstić information content (AvgIpc) is 2.91. The first-order valence-electron chi connectivity index (χ1n) is 6.02. The van der Waals surface area contributed by atoms with Gasteiger partial charge in [0, 0.05) is 23.4 Å². The second-order valence-corrected chi connectivity index (χ2v) is 6.59. The lowest BCUT2D eigenvalue weighted by atomic mass is 10.2. The molecule has 2 rings (SSSR count). The Morgan fingerprint density at radius 3 is 2.85 bits per heavy atom. The molecule has 0 bridgehead atoms. The quantitative estimate of drug-likeness (QED) is 0.675. The number of nitro groups is 1. The predicted octanol–water partition coefficient (Wildman–Crippen LogP) is 3.53. The number of carbonyl (C=O) groups is 1. The molecule has 108 valence electrons. The maximum absolute atomic E-state index is 12.0. The Bertz CT molecular complexity index is 548. The number of halogens is 2. The van der Waals surface area contributed by atoms with Crippen LogP contribution in [0.25, 0.3) is 0 Å². The van der Waals surface area contributed by atoms with Gasteiger partial charge in [-0.1, -0.05) is 23.2 Å². The Morgan fingerprint density at radius 1 is 1.50 bits per heavy atom. The van der Waals surface area contributed by atoms with Crippen molar-refractivity contribution in [2.24, 2.45) is 0 Å². The number of rotatable bonds is 4. The summed E-state index contributed by atoms with van der Waals surface area (Å²) >= 11 is 13.4. The molecule has 0 radical (unpaired) electrons. The first kappa shape index (κ1) is 15.4. The Kier molecular flexibility index (Phi) is 5.12. The summed E-state index contributed by atoms with van der Waals surface area (Å²) in [5, 5.41) is 13.9. The van der Waals surface area contributed by atoms with E-state index in [0.29, 0.717) is 11.8 Å². The number of amides is 1. The third kappa shape index (κ3) is 3.56. The van der Waals surface area contributed by atoms with Crippen LogP contribution in [0.2, 0.25) is 10.0 Å². The van der Waals surface area contributed by atoms with E-state index in [9.17, 15) is 14.9 Å². The van der Waals surface area contributed by atoms with Crippen LogP contribution < -0.4 is 5.32 Å². The summed E-state index contributed by atoms with van der Waals surface area (Å²) in [5.74, 6) is 0.734. The minimum absolute atomic E-state index is 0.00116. The van der Waals surface area contributed by atoms with E-state index < -0.39 is 4.92 Å². The van der Waals surface area contributed by atoms with Crippen LogP contribution in [0, 0.1) is 10.1 Å². The van der Waals surface area contributed by atoms with Crippen LogP contribution in [-0.2, 0) is 0 Å². The molecule has 1 heterocycles. The molecule has 1 unspecified atom stereocenters. The van der Waals surface area contributed by atoms with Crippen LogP contribution in [-0.4, -0.2) is 28.4 Å². The van der Waals surface area contributed by atoms with Crippen molar-refractivity contribution in [2.45, 2.75) is 18.1 Å². The largest absolute Gasteiger partial charge is 0.351 e. The summed E-state index contributed by atoms with van der Waals surface area (Å²) in [4.78, 5) is 22.2. The highest BCUT2D eigenvalue weighted by Crippen LogP contribution is 2.33. The standard InChI is InChI=1S/C12H12Cl2N2O3S/c13-9-4-7(5-10(11(9)14)16(18)19)12(17)15-6-8-2-1-3-20-8/h4-5,8H,1-3,6H2,(H,15,17). The molecular formula is C12H12Cl2N2O3S. The summed E-state index contributed by atoms with van der Waals surface area (Å²) in [6.45, 7) is 0.553. The van der Waals surface area contributed by atoms with Crippen LogP contribution in [0.4, 0.5) is 5.69 Å². The van der Waals surface area contributed by atoms with Gasteiger partial charge >= 0.3 is 0 Å². The summed E-state index contributed by atoms with van der Waals surface area (Å²) in [6, 6.07) is 2.49. The molecule has 5 nitrogen and oxygen atoms in total. The molecular weight excluding hydrogens is 323 g/mol. The first-order chi connectivity index (χ1) is 9.49. The molecule has 0 aromatic heterocycles. The van der Waals surface area contributed by atoms with Crippen molar-refractivity contribution in [3.63, 3.8) is 0 Å². The maximum Gasteiger partial charge on any atom is 0.290 e. The zero-order chi connectivity index (χ0) is 14.7. The van der Waals surface area contributed by atoms with E-state index in [1.807, 2.05) is 11.8 Å². The molecule has 20 heavy (non-hydrogen) atoms. The fourth-order valence-electron chi connectivity index (χ4n) is 1.95. The number of carbonyl (C=O) groups excluding carboxylic acids is 1. The molecule has 1 amide bonds. The molecule has 1 fully saturated rings. The molecule has 1 aliphatic rings. The molecule has 0 aliphatic carbocycles. The van der Waals surface area contributed by atoms with E-state index in [4.69, 9.17) is 23.2 Å². The average molecular weight is 335 g/mol. The van der Waals surface area contributed by atoms with Crippen molar-refractivity contribution in [1.29, 1.82) is 0 Å². The normalized spacial score (nSPS) is 18.0. The minimum atomic E-state index is -0.655. The van der Waals surface area contributed by atoms with Gasteiger partial charge in [-0.2, -0.15) is 11.8 Å². The highest BCUT2D eigenvalue weighted by molar-refractivity contribution is 8.00. The molecule has 8 heteroatoms. The van der Waals surface area contributed by atoms with Gasteiger partial charge in [-0.3, -0.25) is 14.9 Å². The smallest absolute Gasteiger partial charge is 0.290 e. The van der Waals surface area contributed by atoms with Crippen molar-refractivity contribution in [3.8, 4) is 0 Å². The van der Waals surface area contributed by atoms with Gasteiger partial charge in [0.2, 0.25) is 0 Å². The summed E-state index contributed by atoms with van der Waals surface area (Å²) in [7, 11) is 0. The van der Waals surface area contributed by atoms with Crippen LogP contribution in [0.5, 0.6) is 0 Å². The first-order valence-corrected chi connectivity index (χ1v) is 7.82. The lowest BCUT2D eigenvalue weighted by molar-refractivity contribution is -0.384. The third-order valence-electron chi connectivity index (χ3n) is 2.98. The molecule has 0 saturated carbocycles. The van der Waals surface area contributed by atoms with Crippen LogP contribution in [0.3, 0.4) is 0 Å². The number of nitro benzene ring substituents is 1. The SMILES string of the molecule is O=C(NCC1CCCS1)c1cc(Cl)c(Cl)c([N+](=O)[O-])c1. The topological polar surface area (TPSA) is 72.2 Å². The van der Waals surface area contributed by atoms with Gasteiger partial charge in [0.15, 0.2) is 0 Å². The van der Waals surface area contributed by atoms with Gasteiger partial charge in [0.25, 0.3) is 11.6 Å². The molecule has 1 aromatic rings. The van der Waals surface area contributed by atoms with E-state index in [0.717, 1.165) is 24.7 Å². The fourth-order valence-corrected chi connectivity index (χ4v) is 3.55. The van der Waals surface area contributed by atoms with Gasteiger partial charge < -0.3 is 5.32 Å². The number of benzene rings is 1. The van der Waals surface area contributed by atoms with Gasteiger partial charge in [0.05, 0.1) is 9.95 Å². The zero-order valence-electron chi connectivity index (χ0n) is 10.4. The summed E-state index contributed by atoms with van der Waals surface area (Å²) in [6.07, 6.45) is 2.23. The van der Waals surface area contributed by atoms with Crippen LogP contribution >= 0.6 is 35.0 Å². The zero-order valence-corrected chi connectivity index (χ0v) is 12.7. The molecule has 1 saturated heterocycles. The Morgan fingerprint density at radius 2 is 2.25 bits per heavy atom.